The van der Waals surface area contributed by atoms with Gasteiger partial charge in [-0.15, -0.1) is 0 Å². The Morgan fingerprint density at radius 2 is 2.18 bits per heavy atom. The lowest BCUT2D eigenvalue weighted by atomic mass is 10.1. The summed E-state index contributed by atoms with van der Waals surface area (Å²) >= 11 is 6.22. The van der Waals surface area contributed by atoms with Crippen LogP contribution >= 0.6 is 11.6 Å². The molecule has 2 unspecified atom stereocenters. The summed E-state index contributed by atoms with van der Waals surface area (Å²) in [5, 5.41) is 0.495. The number of benzene rings is 1. The number of nitrogens with two attached hydrogens (primary N) is 1. The lowest BCUT2D eigenvalue weighted by Gasteiger charge is -2.23. The molecular weight excluding hydrogens is 304 g/mol. The van der Waals surface area contributed by atoms with Crippen LogP contribution in [0.5, 0.6) is 11.5 Å². The first-order chi connectivity index (χ1) is 10.6. The second-order valence-electron chi connectivity index (χ2n) is 6.01. The standard InChI is InChI=1S/C16H21ClN2O3/c1-10-4-12(8-18)9-19(10)15(20)7-11-5-13(17)16-14(6-11)21-2-3-22-16/h5-6,10,12H,2-4,7-9,18H2,1H3. The van der Waals surface area contributed by atoms with Crippen molar-refractivity contribution in [2.24, 2.45) is 11.7 Å². The molecule has 0 bridgehead atoms. The van der Waals surface area contributed by atoms with Gasteiger partial charge in [0.05, 0.1) is 11.4 Å². The minimum absolute atomic E-state index is 0.108. The van der Waals surface area contributed by atoms with Crippen molar-refractivity contribution in [1.29, 1.82) is 0 Å². The zero-order valence-electron chi connectivity index (χ0n) is 12.7. The Balaban J connectivity index is 1.73. The van der Waals surface area contributed by atoms with Crippen molar-refractivity contribution in [2.45, 2.75) is 25.8 Å². The Morgan fingerprint density at radius 1 is 1.41 bits per heavy atom. The van der Waals surface area contributed by atoms with Crippen LogP contribution in [0.4, 0.5) is 0 Å². The van der Waals surface area contributed by atoms with E-state index < -0.39 is 0 Å². The van der Waals surface area contributed by atoms with Gasteiger partial charge in [-0.1, -0.05) is 11.6 Å². The number of likely N-dealkylation sites (tertiary alicyclic amines) is 1. The van der Waals surface area contributed by atoms with Crippen LogP contribution in [0.15, 0.2) is 12.1 Å². The molecule has 0 saturated carbocycles. The highest BCUT2D eigenvalue weighted by atomic mass is 35.5. The van der Waals surface area contributed by atoms with E-state index in [9.17, 15) is 4.79 Å². The number of fused-ring (bicyclic) bond motifs is 1. The van der Waals surface area contributed by atoms with Crippen LogP contribution in [0.2, 0.25) is 5.02 Å². The van der Waals surface area contributed by atoms with Crippen LogP contribution in [-0.2, 0) is 11.2 Å². The van der Waals surface area contributed by atoms with Gasteiger partial charge in [-0.3, -0.25) is 4.79 Å². The Kier molecular flexibility index (Phi) is 4.45. The predicted octanol–water partition coefficient (Wildman–Crippen LogP) is 1.85. The van der Waals surface area contributed by atoms with Crippen LogP contribution in [-0.4, -0.2) is 43.2 Å². The minimum atomic E-state index is 0.108. The van der Waals surface area contributed by atoms with Crippen LogP contribution < -0.4 is 15.2 Å². The highest BCUT2D eigenvalue weighted by Crippen LogP contribution is 2.38. The van der Waals surface area contributed by atoms with E-state index in [0.29, 0.717) is 48.6 Å². The molecule has 22 heavy (non-hydrogen) atoms. The lowest BCUT2D eigenvalue weighted by molar-refractivity contribution is -0.131. The van der Waals surface area contributed by atoms with E-state index in [2.05, 4.69) is 6.92 Å². The van der Waals surface area contributed by atoms with Gasteiger partial charge in [-0.2, -0.15) is 0 Å². The predicted molar refractivity (Wildman–Crippen MR) is 84.5 cm³/mol. The van der Waals surface area contributed by atoms with Crippen molar-refractivity contribution < 1.29 is 14.3 Å². The monoisotopic (exact) mass is 324 g/mol. The number of hydrogen-bond acceptors (Lipinski definition) is 4. The van der Waals surface area contributed by atoms with Gasteiger partial charge in [0.1, 0.15) is 13.2 Å². The summed E-state index contributed by atoms with van der Waals surface area (Å²) in [5.41, 5.74) is 6.57. The van der Waals surface area contributed by atoms with Crippen molar-refractivity contribution in [3.8, 4) is 11.5 Å². The molecule has 1 aromatic rings. The van der Waals surface area contributed by atoms with Gasteiger partial charge in [-0.05, 0) is 43.5 Å². The second kappa shape index (κ2) is 6.34. The number of nitrogens with zero attached hydrogens (tertiary/aromatic N) is 1. The molecule has 2 heterocycles. The average molecular weight is 325 g/mol. The van der Waals surface area contributed by atoms with E-state index in [1.807, 2.05) is 11.0 Å². The van der Waals surface area contributed by atoms with E-state index in [-0.39, 0.29) is 11.9 Å². The zero-order valence-corrected chi connectivity index (χ0v) is 13.4. The van der Waals surface area contributed by atoms with E-state index in [4.69, 9.17) is 26.8 Å². The lowest BCUT2D eigenvalue weighted by Crippen LogP contribution is -2.35. The first kappa shape index (κ1) is 15.4. The molecule has 2 N–H and O–H groups in total. The molecule has 0 aliphatic carbocycles. The molecule has 1 aromatic carbocycles. The summed E-state index contributed by atoms with van der Waals surface area (Å²) in [6.07, 6.45) is 1.29. The molecule has 2 aliphatic heterocycles. The topological polar surface area (TPSA) is 64.8 Å². The Hall–Kier alpha value is -1.46. The number of carbonyl (C=O) groups excluding carboxylic acids is 1. The maximum absolute atomic E-state index is 12.5. The molecule has 1 fully saturated rings. The normalized spacial score (nSPS) is 23.7. The molecule has 1 saturated heterocycles. The molecule has 6 heteroatoms. The van der Waals surface area contributed by atoms with Crippen LogP contribution in [0.3, 0.4) is 0 Å². The molecule has 3 rings (SSSR count). The highest BCUT2D eigenvalue weighted by Gasteiger charge is 2.31. The van der Waals surface area contributed by atoms with Crippen LogP contribution in [0, 0.1) is 5.92 Å². The summed E-state index contributed by atoms with van der Waals surface area (Å²) in [5.74, 6) is 1.71. The molecule has 2 aliphatic rings. The Morgan fingerprint density at radius 3 is 2.91 bits per heavy atom. The van der Waals surface area contributed by atoms with Crippen molar-refractivity contribution >= 4 is 17.5 Å². The maximum atomic E-state index is 12.5. The fourth-order valence-corrected chi connectivity index (χ4v) is 3.49. The molecule has 5 nitrogen and oxygen atoms in total. The summed E-state index contributed by atoms with van der Waals surface area (Å²) in [6.45, 7) is 4.45. The van der Waals surface area contributed by atoms with Crippen LogP contribution in [0.1, 0.15) is 18.9 Å². The van der Waals surface area contributed by atoms with Crippen molar-refractivity contribution in [2.75, 3.05) is 26.3 Å². The Labute approximate surface area is 135 Å². The van der Waals surface area contributed by atoms with Gasteiger partial charge in [0.15, 0.2) is 11.5 Å². The first-order valence-corrected chi connectivity index (χ1v) is 8.04. The second-order valence-corrected chi connectivity index (χ2v) is 6.42. The molecule has 2 atom stereocenters. The van der Waals surface area contributed by atoms with E-state index >= 15 is 0 Å². The molecular formula is C16H21ClN2O3. The highest BCUT2D eigenvalue weighted by molar-refractivity contribution is 6.32. The maximum Gasteiger partial charge on any atom is 0.227 e. The quantitative estimate of drug-likeness (QED) is 0.921. The smallest absolute Gasteiger partial charge is 0.227 e. The fraction of sp³-hybridized carbons (Fsp3) is 0.562. The van der Waals surface area contributed by atoms with E-state index in [1.165, 1.54) is 0 Å². The summed E-state index contributed by atoms with van der Waals surface area (Å²) < 4.78 is 11.1. The van der Waals surface area contributed by atoms with Crippen LogP contribution in [0.25, 0.3) is 0 Å². The molecule has 0 spiro atoms. The fourth-order valence-electron chi connectivity index (χ4n) is 3.20. The summed E-state index contributed by atoms with van der Waals surface area (Å²) in [6, 6.07) is 3.88. The number of halogens is 1. The largest absolute Gasteiger partial charge is 0.486 e. The average Bonchev–Trinajstić information content (AvgIpc) is 2.88. The van der Waals surface area contributed by atoms with E-state index in [0.717, 1.165) is 18.5 Å². The third-order valence-electron chi connectivity index (χ3n) is 4.33. The summed E-state index contributed by atoms with van der Waals surface area (Å²) in [4.78, 5) is 14.5. The molecule has 0 aromatic heterocycles. The van der Waals surface area contributed by atoms with Gasteiger partial charge in [0.2, 0.25) is 5.91 Å². The van der Waals surface area contributed by atoms with Crippen molar-refractivity contribution in [3.63, 3.8) is 0 Å². The number of carbonyl (C=O) groups is 1. The number of amides is 1. The molecule has 0 radical (unpaired) electrons. The van der Waals surface area contributed by atoms with Crippen molar-refractivity contribution in [1.82, 2.24) is 4.90 Å². The summed E-state index contributed by atoms with van der Waals surface area (Å²) in [7, 11) is 0. The minimum Gasteiger partial charge on any atom is -0.486 e. The van der Waals surface area contributed by atoms with Gasteiger partial charge < -0.3 is 20.1 Å². The third kappa shape index (κ3) is 3.01. The SMILES string of the molecule is CC1CC(CN)CN1C(=O)Cc1cc(Cl)c2c(c1)OCCO2. The number of rotatable bonds is 3. The molecule has 120 valence electrons. The van der Waals surface area contributed by atoms with Gasteiger partial charge in [0, 0.05) is 12.6 Å². The Bertz CT molecular complexity index is 579. The third-order valence-corrected chi connectivity index (χ3v) is 4.61. The van der Waals surface area contributed by atoms with Gasteiger partial charge in [-0.25, -0.2) is 0 Å². The first-order valence-electron chi connectivity index (χ1n) is 7.66. The molecule has 1 amide bonds. The number of ether oxygens (including phenoxy) is 2. The zero-order chi connectivity index (χ0) is 15.7. The van der Waals surface area contributed by atoms with E-state index in [1.54, 1.807) is 6.07 Å². The van der Waals surface area contributed by atoms with Gasteiger partial charge in [0.25, 0.3) is 0 Å². The number of hydrogen-bond donors (Lipinski definition) is 1. The van der Waals surface area contributed by atoms with Gasteiger partial charge >= 0.3 is 0 Å². The van der Waals surface area contributed by atoms with Crippen molar-refractivity contribution in [3.05, 3.63) is 22.7 Å².